The number of anilines is 1. The standard InChI is InChI=1S/C11H17NO4S/c1-15-5-3-12(4-6-16-2)9-7-10(11(13)14)17-8-9/h7-8H,3-6H2,1-2H3,(H,13,14). The third kappa shape index (κ3) is 4.33. The molecule has 6 heteroatoms. The van der Waals surface area contributed by atoms with Crippen LogP contribution >= 0.6 is 11.3 Å². The maximum Gasteiger partial charge on any atom is 0.345 e. The van der Waals surface area contributed by atoms with Crippen LogP contribution in [0.1, 0.15) is 9.67 Å². The van der Waals surface area contributed by atoms with Gasteiger partial charge in [-0.2, -0.15) is 0 Å². The normalized spacial score (nSPS) is 10.5. The minimum Gasteiger partial charge on any atom is -0.477 e. The predicted molar refractivity (Wildman–Crippen MR) is 67.2 cm³/mol. The van der Waals surface area contributed by atoms with Crippen molar-refractivity contribution in [1.82, 2.24) is 0 Å². The van der Waals surface area contributed by atoms with Crippen LogP contribution in [0.15, 0.2) is 11.4 Å². The van der Waals surface area contributed by atoms with E-state index >= 15 is 0 Å². The van der Waals surface area contributed by atoms with Crippen LogP contribution in [0, 0.1) is 0 Å². The van der Waals surface area contributed by atoms with Crippen molar-refractivity contribution in [2.75, 3.05) is 45.4 Å². The van der Waals surface area contributed by atoms with Gasteiger partial charge in [0.25, 0.3) is 0 Å². The molecule has 0 radical (unpaired) electrons. The van der Waals surface area contributed by atoms with E-state index in [4.69, 9.17) is 14.6 Å². The Hall–Kier alpha value is -1.11. The van der Waals surface area contributed by atoms with Crippen LogP contribution in [0.2, 0.25) is 0 Å². The number of carboxylic acid groups (broad SMARTS) is 1. The van der Waals surface area contributed by atoms with Crippen LogP contribution in [-0.4, -0.2) is 51.6 Å². The lowest BCUT2D eigenvalue weighted by atomic mass is 10.3. The van der Waals surface area contributed by atoms with Crippen molar-refractivity contribution in [2.24, 2.45) is 0 Å². The molecule has 0 unspecified atom stereocenters. The molecule has 0 aliphatic rings. The molecule has 0 saturated carbocycles. The third-order valence-corrected chi connectivity index (χ3v) is 3.20. The molecule has 5 nitrogen and oxygen atoms in total. The van der Waals surface area contributed by atoms with Gasteiger partial charge in [-0.15, -0.1) is 11.3 Å². The van der Waals surface area contributed by atoms with E-state index in [1.165, 1.54) is 11.3 Å². The van der Waals surface area contributed by atoms with Gasteiger partial charge in [-0.1, -0.05) is 0 Å². The second-order valence-electron chi connectivity index (χ2n) is 3.45. The van der Waals surface area contributed by atoms with Crippen molar-refractivity contribution in [3.8, 4) is 0 Å². The van der Waals surface area contributed by atoms with Crippen LogP contribution in [0.5, 0.6) is 0 Å². The van der Waals surface area contributed by atoms with Gasteiger partial charge in [0.2, 0.25) is 0 Å². The largest absolute Gasteiger partial charge is 0.477 e. The summed E-state index contributed by atoms with van der Waals surface area (Å²) in [7, 11) is 3.29. The molecular weight excluding hydrogens is 242 g/mol. The Morgan fingerprint density at radius 3 is 2.35 bits per heavy atom. The summed E-state index contributed by atoms with van der Waals surface area (Å²) in [5.41, 5.74) is 0.904. The first-order valence-electron chi connectivity index (χ1n) is 5.23. The molecule has 0 aliphatic heterocycles. The van der Waals surface area contributed by atoms with E-state index in [1.807, 2.05) is 5.38 Å². The van der Waals surface area contributed by atoms with Crippen LogP contribution in [-0.2, 0) is 9.47 Å². The van der Waals surface area contributed by atoms with Crippen molar-refractivity contribution in [2.45, 2.75) is 0 Å². The number of thiophene rings is 1. The number of aromatic carboxylic acids is 1. The Kier molecular flexibility index (Phi) is 5.96. The minimum atomic E-state index is -0.889. The molecule has 0 amide bonds. The highest BCUT2D eigenvalue weighted by Crippen LogP contribution is 2.23. The van der Waals surface area contributed by atoms with Gasteiger partial charge in [0.15, 0.2) is 0 Å². The summed E-state index contributed by atoms with van der Waals surface area (Å²) in [5.74, 6) is -0.889. The van der Waals surface area contributed by atoms with Gasteiger partial charge in [-0.3, -0.25) is 0 Å². The van der Waals surface area contributed by atoms with Gasteiger partial charge in [0.1, 0.15) is 4.88 Å². The molecule has 0 aromatic carbocycles. The zero-order valence-corrected chi connectivity index (χ0v) is 10.8. The van der Waals surface area contributed by atoms with E-state index in [1.54, 1.807) is 20.3 Å². The van der Waals surface area contributed by atoms with Gasteiger partial charge in [0, 0.05) is 38.4 Å². The molecule has 0 aliphatic carbocycles. The van der Waals surface area contributed by atoms with E-state index in [2.05, 4.69) is 4.90 Å². The lowest BCUT2D eigenvalue weighted by molar-refractivity contribution is 0.0702. The molecule has 1 heterocycles. The molecule has 96 valence electrons. The lowest BCUT2D eigenvalue weighted by Crippen LogP contribution is -2.30. The number of nitrogens with zero attached hydrogens (tertiary/aromatic N) is 1. The molecule has 0 spiro atoms. The number of hydrogen-bond donors (Lipinski definition) is 1. The Labute approximate surface area is 105 Å². The van der Waals surface area contributed by atoms with Gasteiger partial charge >= 0.3 is 5.97 Å². The summed E-state index contributed by atoms with van der Waals surface area (Å²) in [5, 5.41) is 10.7. The van der Waals surface area contributed by atoms with Crippen LogP contribution < -0.4 is 4.90 Å². The first-order valence-corrected chi connectivity index (χ1v) is 6.11. The van der Waals surface area contributed by atoms with Crippen LogP contribution in [0.4, 0.5) is 5.69 Å². The fraction of sp³-hybridized carbons (Fsp3) is 0.545. The third-order valence-electron chi connectivity index (χ3n) is 2.29. The fourth-order valence-corrected chi connectivity index (χ4v) is 2.13. The maximum absolute atomic E-state index is 10.8. The highest BCUT2D eigenvalue weighted by Gasteiger charge is 2.12. The Balaban J connectivity index is 2.68. The summed E-state index contributed by atoms with van der Waals surface area (Å²) < 4.78 is 10.1. The average Bonchev–Trinajstić information content (AvgIpc) is 2.79. The lowest BCUT2D eigenvalue weighted by Gasteiger charge is -2.22. The molecule has 17 heavy (non-hydrogen) atoms. The van der Waals surface area contributed by atoms with E-state index in [9.17, 15) is 4.79 Å². The summed E-state index contributed by atoms with van der Waals surface area (Å²) in [6.07, 6.45) is 0. The highest BCUT2D eigenvalue weighted by molar-refractivity contribution is 7.12. The first kappa shape index (κ1) is 14.0. The number of carbonyl (C=O) groups is 1. The smallest absolute Gasteiger partial charge is 0.345 e. The first-order chi connectivity index (χ1) is 8.19. The average molecular weight is 259 g/mol. The SMILES string of the molecule is COCCN(CCOC)c1csc(C(=O)O)c1. The number of carboxylic acids is 1. The van der Waals surface area contributed by atoms with E-state index in [-0.39, 0.29) is 0 Å². The summed E-state index contributed by atoms with van der Waals surface area (Å²) in [6, 6.07) is 1.68. The molecule has 0 atom stereocenters. The molecule has 1 rings (SSSR count). The summed E-state index contributed by atoms with van der Waals surface area (Å²) in [4.78, 5) is 13.2. The molecule has 0 fully saturated rings. The Morgan fingerprint density at radius 1 is 1.35 bits per heavy atom. The van der Waals surface area contributed by atoms with E-state index in [0.29, 0.717) is 18.1 Å². The van der Waals surface area contributed by atoms with Crippen molar-refractivity contribution in [3.63, 3.8) is 0 Å². The zero-order chi connectivity index (χ0) is 12.7. The molecule has 1 aromatic rings. The van der Waals surface area contributed by atoms with Gasteiger partial charge in [0.05, 0.1) is 13.2 Å². The number of methoxy groups -OCH3 is 2. The maximum atomic E-state index is 10.8. The zero-order valence-electron chi connectivity index (χ0n) is 10.0. The van der Waals surface area contributed by atoms with Crippen molar-refractivity contribution in [3.05, 3.63) is 16.3 Å². The highest BCUT2D eigenvalue weighted by atomic mass is 32.1. The molecule has 0 bridgehead atoms. The van der Waals surface area contributed by atoms with Crippen molar-refractivity contribution < 1.29 is 19.4 Å². The second-order valence-corrected chi connectivity index (χ2v) is 4.36. The fourth-order valence-electron chi connectivity index (χ4n) is 1.38. The van der Waals surface area contributed by atoms with Gasteiger partial charge < -0.3 is 19.5 Å². The number of hydrogen-bond acceptors (Lipinski definition) is 5. The Bertz CT molecular complexity index is 345. The van der Waals surface area contributed by atoms with Crippen LogP contribution in [0.25, 0.3) is 0 Å². The second kappa shape index (κ2) is 7.26. The molecular formula is C11H17NO4S. The van der Waals surface area contributed by atoms with E-state index in [0.717, 1.165) is 18.8 Å². The van der Waals surface area contributed by atoms with Gasteiger partial charge in [-0.25, -0.2) is 4.79 Å². The van der Waals surface area contributed by atoms with Gasteiger partial charge in [-0.05, 0) is 6.07 Å². The minimum absolute atomic E-state index is 0.347. The molecule has 1 aromatic heterocycles. The summed E-state index contributed by atoms with van der Waals surface area (Å²) >= 11 is 1.23. The summed E-state index contributed by atoms with van der Waals surface area (Å²) in [6.45, 7) is 2.63. The monoisotopic (exact) mass is 259 g/mol. The Morgan fingerprint density at radius 2 is 1.94 bits per heavy atom. The van der Waals surface area contributed by atoms with E-state index < -0.39 is 5.97 Å². The topological polar surface area (TPSA) is 59.0 Å². The molecule has 1 N–H and O–H groups in total. The van der Waals surface area contributed by atoms with Crippen molar-refractivity contribution >= 4 is 23.0 Å². The number of ether oxygens (including phenoxy) is 2. The predicted octanol–water partition coefficient (Wildman–Crippen LogP) is 1.55. The molecule has 0 saturated heterocycles. The number of rotatable bonds is 8. The van der Waals surface area contributed by atoms with Crippen LogP contribution in [0.3, 0.4) is 0 Å². The van der Waals surface area contributed by atoms with Crippen molar-refractivity contribution in [1.29, 1.82) is 0 Å². The quantitative estimate of drug-likeness (QED) is 0.767.